The molecule has 2 aliphatic carbocycles. The smallest absolute Gasteiger partial charge is 0.251 e. The van der Waals surface area contributed by atoms with E-state index in [2.05, 4.69) is 5.32 Å². The Labute approximate surface area is 125 Å². The van der Waals surface area contributed by atoms with Crippen LogP contribution in [0.4, 0.5) is 0 Å². The standard InChI is InChI=1S/C16H21NO3S/c1-21(19,20)15-4-2-3-13(9-15)16(18)17-10-14-8-11-5-6-12(14)7-11/h2-4,9,11-12,14H,5-8,10H2,1H3,(H,17,18)/t11-,12-,14-/m0/s1. The lowest BCUT2D eigenvalue weighted by molar-refractivity contribution is 0.0941. The molecule has 4 nitrogen and oxygen atoms in total. The van der Waals surface area contributed by atoms with Crippen molar-refractivity contribution >= 4 is 15.7 Å². The van der Waals surface area contributed by atoms with Crippen molar-refractivity contribution in [3.63, 3.8) is 0 Å². The van der Waals surface area contributed by atoms with Crippen LogP contribution in [0.2, 0.25) is 0 Å². The predicted molar refractivity (Wildman–Crippen MR) is 80.8 cm³/mol. The van der Waals surface area contributed by atoms with Crippen LogP contribution in [0.5, 0.6) is 0 Å². The van der Waals surface area contributed by atoms with Gasteiger partial charge in [-0.15, -0.1) is 0 Å². The van der Waals surface area contributed by atoms with Gasteiger partial charge in [0.15, 0.2) is 9.84 Å². The van der Waals surface area contributed by atoms with Gasteiger partial charge >= 0.3 is 0 Å². The molecule has 0 heterocycles. The van der Waals surface area contributed by atoms with Crippen LogP contribution in [0.3, 0.4) is 0 Å². The van der Waals surface area contributed by atoms with Crippen LogP contribution in [0, 0.1) is 17.8 Å². The van der Waals surface area contributed by atoms with E-state index in [0.717, 1.165) is 18.1 Å². The van der Waals surface area contributed by atoms with Crippen LogP contribution in [-0.2, 0) is 9.84 Å². The van der Waals surface area contributed by atoms with Crippen LogP contribution in [0.15, 0.2) is 29.2 Å². The van der Waals surface area contributed by atoms with Crippen molar-refractivity contribution in [1.29, 1.82) is 0 Å². The van der Waals surface area contributed by atoms with Crippen molar-refractivity contribution in [3.8, 4) is 0 Å². The molecule has 0 spiro atoms. The second kappa shape index (κ2) is 5.44. The van der Waals surface area contributed by atoms with Crippen LogP contribution in [0.1, 0.15) is 36.0 Å². The number of hydrogen-bond donors (Lipinski definition) is 1. The second-order valence-corrected chi connectivity index (χ2v) is 8.46. The summed E-state index contributed by atoms with van der Waals surface area (Å²) < 4.78 is 23.1. The van der Waals surface area contributed by atoms with E-state index in [9.17, 15) is 13.2 Å². The minimum absolute atomic E-state index is 0.178. The molecule has 3 atom stereocenters. The minimum Gasteiger partial charge on any atom is -0.352 e. The highest BCUT2D eigenvalue weighted by atomic mass is 32.2. The number of rotatable bonds is 4. The molecule has 114 valence electrons. The summed E-state index contributed by atoms with van der Waals surface area (Å²) >= 11 is 0. The quantitative estimate of drug-likeness (QED) is 0.928. The number of hydrogen-bond acceptors (Lipinski definition) is 3. The summed E-state index contributed by atoms with van der Waals surface area (Å²) in [5, 5.41) is 2.97. The fourth-order valence-electron chi connectivity index (χ4n) is 3.82. The minimum atomic E-state index is -3.28. The fourth-order valence-corrected chi connectivity index (χ4v) is 4.49. The first kappa shape index (κ1) is 14.6. The maximum atomic E-state index is 12.2. The molecule has 1 N–H and O–H groups in total. The molecule has 0 saturated heterocycles. The molecule has 3 rings (SSSR count). The van der Waals surface area contributed by atoms with Gasteiger partial charge in [0.1, 0.15) is 0 Å². The number of nitrogens with one attached hydrogen (secondary N) is 1. The number of sulfone groups is 1. The molecule has 0 unspecified atom stereocenters. The molecule has 21 heavy (non-hydrogen) atoms. The highest BCUT2D eigenvalue weighted by Gasteiger charge is 2.39. The van der Waals surface area contributed by atoms with Gasteiger partial charge in [0.05, 0.1) is 4.90 Å². The van der Waals surface area contributed by atoms with Gasteiger partial charge in [0.2, 0.25) is 0 Å². The highest BCUT2D eigenvalue weighted by molar-refractivity contribution is 7.90. The molecule has 2 aliphatic rings. The molecular formula is C16H21NO3S. The number of carbonyl (C=O) groups excluding carboxylic acids is 1. The zero-order valence-electron chi connectivity index (χ0n) is 12.2. The van der Waals surface area contributed by atoms with Gasteiger partial charge in [-0.25, -0.2) is 8.42 Å². The molecule has 0 aromatic heterocycles. The summed E-state index contributed by atoms with van der Waals surface area (Å²) in [6, 6.07) is 6.24. The molecule has 2 fully saturated rings. The topological polar surface area (TPSA) is 63.2 Å². The van der Waals surface area contributed by atoms with Crippen molar-refractivity contribution < 1.29 is 13.2 Å². The van der Waals surface area contributed by atoms with Crippen molar-refractivity contribution in [1.82, 2.24) is 5.32 Å². The first-order chi connectivity index (χ1) is 9.93. The largest absolute Gasteiger partial charge is 0.352 e. The molecule has 0 aliphatic heterocycles. The average Bonchev–Trinajstić information content (AvgIpc) is 3.06. The third kappa shape index (κ3) is 3.12. The molecule has 5 heteroatoms. The van der Waals surface area contributed by atoms with Crippen LogP contribution < -0.4 is 5.32 Å². The molecule has 1 amide bonds. The lowest BCUT2D eigenvalue weighted by Gasteiger charge is -2.21. The van der Waals surface area contributed by atoms with Gasteiger partial charge in [0.25, 0.3) is 5.91 Å². The Bertz CT molecular complexity index is 653. The third-order valence-corrected chi connectivity index (χ3v) is 6.04. The van der Waals surface area contributed by atoms with E-state index in [-0.39, 0.29) is 10.8 Å². The summed E-state index contributed by atoms with van der Waals surface area (Å²) in [7, 11) is -3.28. The Morgan fingerprint density at radius 3 is 2.71 bits per heavy atom. The van der Waals surface area contributed by atoms with E-state index >= 15 is 0 Å². The predicted octanol–water partition coefficient (Wildman–Crippen LogP) is 2.26. The Kier molecular flexibility index (Phi) is 3.78. The molecule has 2 saturated carbocycles. The lowest BCUT2D eigenvalue weighted by atomic mass is 9.89. The zero-order chi connectivity index (χ0) is 15.0. The van der Waals surface area contributed by atoms with Gasteiger partial charge in [-0.1, -0.05) is 12.5 Å². The van der Waals surface area contributed by atoms with Gasteiger partial charge in [-0.05, 0) is 55.2 Å². The summed E-state index contributed by atoms with van der Waals surface area (Å²) in [6.45, 7) is 0.711. The number of carbonyl (C=O) groups is 1. The zero-order valence-corrected chi connectivity index (χ0v) is 13.0. The van der Waals surface area contributed by atoms with Gasteiger partial charge < -0.3 is 5.32 Å². The molecule has 2 bridgehead atoms. The molecule has 0 radical (unpaired) electrons. The van der Waals surface area contributed by atoms with E-state index in [1.807, 2.05) is 0 Å². The van der Waals surface area contributed by atoms with E-state index in [1.165, 1.54) is 37.8 Å². The van der Waals surface area contributed by atoms with Gasteiger partial charge in [-0.3, -0.25) is 4.79 Å². The second-order valence-electron chi connectivity index (χ2n) is 6.44. The number of benzene rings is 1. The maximum Gasteiger partial charge on any atom is 0.251 e. The van der Waals surface area contributed by atoms with E-state index in [0.29, 0.717) is 18.0 Å². The fraction of sp³-hybridized carbons (Fsp3) is 0.562. The summed E-state index contributed by atoms with van der Waals surface area (Å²) in [4.78, 5) is 12.4. The van der Waals surface area contributed by atoms with Crippen molar-refractivity contribution in [2.75, 3.05) is 12.8 Å². The monoisotopic (exact) mass is 307 g/mol. The van der Waals surface area contributed by atoms with Crippen molar-refractivity contribution in [2.45, 2.75) is 30.6 Å². The lowest BCUT2D eigenvalue weighted by Crippen LogP contribution is -2.31. The normalized spacial score (nSPS) is 27.8. The van der Waals surface area contributed by atoms with Crippen molar-refractivity contribution in [3.05, 3.63) is 29.8 Å². The Morgan fingerprint density at radius 1 is 1.29 bits per heavy atom. The summed E-state index contributed by atoms with van der Waals surface area (Å²) in [5.41, 5.74) is 0.418. The average molecular weight is 307 g/mol. The van der Waals surface area contributed by atoms with Crippen molar-refractivity contribution in [2.24, 2.45) is 17.8 Å². The van der Waals surface area contributed by atoms with Gasteiger partial charge in [0, 0.05) is 18.4 Å². The maximum absolute atomic E-state index is 12.2. The van der Waals surface area contributed by atoms with Crippen LogP contribution in [-0.4, -0.2) is 27.1 Å². The Hall–Kier alpha value is -1.36. The molecule has 1 aromatic rings. The SMILES string of the molecule is CS(=O)(=O)c1cccc(C(=O)NC[C@@H]2C[C@H]3CC[C@H]2C3)c1. The van der Waals surface area contributed by atoms with Crippen LogP contribution in [0.25, 0.3) is 0 Å². The number of amides is 1. The van der Waals surface area contributed by atoms with E-state index in [1.54, 1.807) is 12.1 Å². The third-order valence-electron chi connectivity index (χ3n) is 4.93. The number of fused-ring (bicyclic) bond motifs is 2. The van der Waals surface area contributed by atoms with E-state index < -0.39 is 9.84 Å². The molecular weight excluding hydrogens is 286 g/mol. The highest BCUT2D eigenvalue weighted by Crippen LogP contribution is 2.47. The summed E-state index contributed by atoms with van der Waals surface area (Å²) in [6.07, 6.45) is 6.36. The molecule has 1 aromatic carbocycles. The van der Waals surface area contributed by atoms with Crippen LogP contribution >= 0.6 is 0 Å². The Balaban J connectivity index is 1.63. The Morgan fingerprint density at radius 2 is 2.10 bits per heavy atom. The first-order valence-electron chi connectivity index (χ1n) is 7.52. The van der Waals surface area contributed by atoms with Gasteiger partial charge in [-0.2, -0.15) is 0 Å². The summed E-state index contributed by atoms with van der Waals surface area (Å²) in [5.74, 6) is 2.07. The first-order valence-corrected chi connectivity index (χ1v) is 9.41. The van der Waals surface area contributed by atoms with E-state index in [4.69, 9.17) is 0 Å².